The van der Waals surface area contributed by atoms with E-state index in [0.29, 0.717) is 12.1 Å². The van der Waals surface area contributed by atoms with Gasteiger partial charge in [0.25, 0.3) is 0 Å². The molecular weight excluding hydrogens is 274 g/mol. The molecule has 1 aromatic rings. The van der Waals surface area contributed by atoms with Gasteiger partial charge in [0.2, 0.25) is 5.91 Å². The maximum Gasteiger partial charge on any atom is 0.249 e. The van der Waals surface area contributed by atoms with Crippen LogP contribution >= 0.6 is 0 Å². The zero-order valence-corrected chi connectivity index (χ0v) is 12.5. The average Bonchev–Trinajstić information content (AvgIpc) is 2.74. The van der Waals surface area contributed by atoms with Gasteiger partial charge in [0.05, 0.1) is 0 Å². The number of rotatable bonds is 3. The van der Waals surface area contributed by atoms with Crippen LogP contribution in [-0.4, -0.2) is 21.6 Å². The van der Waals surface area contributed by atoms with E-state index in [4.69, 9.17) is 0 Å². The molecule has 22 heavy (non-hydrogen) atoms. The number of hydrogen-bond acceptors (Lipinski definition) is 2. The van der Waals surface area contributed by atoms with Crippen LogP contribution < -0.4 is 0 Å². The highest BCUT2D eigenvalue weighted by Crippen LogP contribution is 2.38. The number of carbonyl (C=O) groups is 1. The van der Waals surface area contributed by atoms with E-state index < -0.39 is 5.72 Å². The molecule has 3 nitrogen and oxygen atoms in total. The van der Waals surface area contributed by atoms with Gasteiger partial charge in [-0.3, -0.25) is 4.79 Å². The van der Waals surface area contributed by atoms with Crippen molar-refractivity contribution in [3.05, 3.63) is 84.0 Å². The van der Waals surface area contributed by atoms with E-state index >= 15 is 0 Å². The lowest BCUT2D eigenvalue weighted by Crippen LogP contribution is -2.51. The van der Waals surface area contributed by atoms with Crippen molar-refractivity contribution in [2.75, 3.05) is 0 Å². The first-order chi connectivity index (χ1) is 10.6. The predicted molar refractivity (Wildman–Crippen MR) is 86.6 cm³/mol. The Morgan fingerprint density at radius 1 is 1.09 bits per heavy atom. The Kier molecular flexibility index (Phi) is 3.82. The summed E-state index contributed by atoms with van der Waals surface area (Å²) in [5, 5.41) is 11.3. The van der Waals surface area contributed by atoms with Crippen molar-refractivity contribution in [2.24, 2.45) is 5.92 Å². The van der Waals surface area contributed by atoms with Gasteiger partial charge in [-0.1, -0.05) is 66.8 Å². The fraction of sp³-hybridized carbons (Fsp3) is 0.211. The SMILES string of the molecule is CC1=CC(=O)N(Cc2ccccc2)C1(O)C1C=CC=CC=C1. The summed E-state index contributed by atoms with van der Waals surface area (Å²) in [6.45, 7) is 2.19. The van der Waals surface area contributed by atoms with Crippen molar-refractivity contribution < 1.29 is 9.90 Å². The largest absolute Gasteiger partial charge is 0.366 e. The third kappa shape index (κ3) is 2.44. The molecule has 0 saturated heterocycles. The van der Waals surface area contributed by atoms with Gasteiger partial charge in [0.15, 0.2) is 5.72 Å². The van der Waals surface area contributed by atoms with Gasteiger partial charge in [-0.15, -0.1) is 0 Å². The van der Waals surface area contributed by atoms with Crippen molar-refractivity contribution in [1.82, 2.24) is 4.90 Å². The molecule has 0 bridgehead atoms. The molecule has 0 fully saturated rings. The molecule has 0 radical (unpaired) electrons. The van der Waals surface area contributed by atoms with Crippen LogP contribution in [0.3, 0.4) is 0 Å². The van der Waals surface area contributed by atoms with Crippen molar-refractivity contribution in [2.45, 2.75) is 19.2 Å². The summed E-state index contributed by atoms with van der Waals surface area (Å²) in [5.74, 6) is -0.420. The third-order valence-electron chi connectivity index (χ3n) is 4.22. The molecule has 1 aromatic carbocycles. The molecule has 1 unspecified atom stereocenters. The zero-order chi connectivity index (χ0) is 15.6. The molecule has 1 aliphatic heterocycles. The van der Waals surface area contributed by atoms with Crippen LogP contribution in [0, 0.1) is 5.92 Å². The summed E-state index contributed by atoms with van der Waals surface area (Å²) in [6.07, 6.45) is 13.0. The van der Waals surface area contributed by atoms with Crippen LogP contribution in [0.1, 0.15) is 12.5 Å². The molecule has 1 amide bonds. The van der Waals surface area contributed by atoms with E-state index in [0.717, 1.165) is 5.56 Å². The second-order valence-electron chi connectivity index (χ2n) is 5.64. The van der Waals surface area contributed by atoms with Crippen LogP contribution in [-0.2, 0) is 11.3 Å². The lowest BCUT2D eigenvalue weighted by atomic mass is 9.89. The fourth-order valence-electron chi connectivity index (χ4n) is 2.99. The summed E-state index contributed by atoms with van der Waals surface area (Å²) in [6, 6.07) is 9.73. The lowest BCUT2D eigenvalue weighted by molar-refractivity contribution is -0.147. The molecule has 0 aromatic heterocycles. The molecule has 3 heteroatoms. The third-order valence-corrected chi connectivity index (χ3v) is 4.22. The number of amides is 1. The maximum atomic E-state index is 12.4. The van der Waals surface area contributed by atoms with E-state index in [1.807, 2.05) is 73.7 Å². The Balaban J connectivity index is 1.95. The first-order valence-corrected chi connectivity index (χ1v) is 7.40. The topological polar surface area (TPSA) is 40.5 Å². The molecule has 1 atom stereocenters. The highest BCUT2D eigenvalue weighted by atomic mass is 16.3. The van der Waals surface area contributed by atoms with E-state index in [-0.39, 0.29) is 11.8 Å². The quantitative estimate of drug-likeness (QED) is 0.931. The van der Waals surface area contributed by atoms with Gasteiger partial charge >= 0.3 is 0 Å². The Hall–Kier alpha value is -2.39. The normalized spacial score (nSPS) is 24.7. The summed E-state index contributed by atoms with van der Waals surface area (Å²) in [7, 11) is 0. The molecule has 2 aliphatic rings. The summed E-state index contributed by atoms with van der Waals surface area (Å²) in [4.78, 5) is 13.9. The van der Waals surface area contributed by atoms with Crippen LogP contribution in [0.4, 0.5) is 0 Å². The second kappa shape index (κ2) is 5.78. The number of aliphatic hydroxyl groups is 1. The first-order valence-electron chi connectivity index (χ1n) is 7.40. The molecule has 1 aliphatic carbocycles. The number of benzene rings is 1. The Morgan fingerprint density at radius 3 is 2.36 bits per heavy atom. The Bertz CT molecular complexity index is 669. The zero-order valence-electron chi connectivity index (χ0n) is 12.5. The summed E-state index contributed by atoms with van der Waals surface area (Å²) < 4.78 is 0. The Labute approximate surface area is 130 Å². The number of hydrogen-bond donors (Lipinski definition) is 1. The number of carbonyl (C=O) groups excluding carboxylic acids is 1. The summed E-state index contributed by atoms with van der Waals surface area (Å²) in [5.41, 5.74) is 0.359. The van der Waals surface area contributed by atoms with Crippen LogP contribution in [0.15, 0.2) is 78.4 Å². The maximum absolute atomic E-state index is 12.4. The standard InChI is InChI=1S/C19H19NO2/c1-15-13-18(21)20(14-16-9-5-4-6-10-16)19(15,22)17-11-7-2-3-8-12-17/h2-13,17,22H,14H2,1H3. The van der Waals surface area contributed by atoms with Gasteiger partial charge < -0.3 is 10.0 Å². The monoisotopic (exact) mass is 293 g/mol. The van der Waals surface area contributed by atoms with Gasteiger partial charge in [0.1, 0.15) is 0 Å². The van der Waals surface area contributed by atoms with Crippen LogP contribution in [0.5, 0.6) is 0 Å². The molecule has 0 spiro atoms. The van der Waals surface area contributed by atoms with Gasteiger partial charge in [-0.25, -0.2) is 0 Å². The number of allylic oxidation sites excluding steroid dienone is 4. The second-order valence-corrected chi connectivity index (χ2v) is 5.64. The molecule has 0 saturated carbocycles. The van der Waals surface area contributed by atoms with Gasteiger partial charge in [-0.05, 0) is 18.1 Å². The van der Waals surface area contributed by atoms with Crippen LogP contribution in [0.2, 0.25) is 0 Å². The minimum Gasteiger partial charge on any atom is -0.366 e. The highest BCUT2D eigenvalue weighted by Gasteiger charge is 2.48. The fourth-order valence-corrected chi connectivity index (χ4v) is 2.99. The first kappa shape index (κ1) is 14.5. The summed E-state index contributed by atoms with van der Waals surface area (Å²) >= 11 is 0. The van der Waals surface area contributed by atoms with Crippen molar-refractivity contribution in [3.8, 4) is 0 Å². The van der Waals surface area contributed by atoms with Crippen LogP contribution in [0.25, 0.3) is 0 Å². The smallest absolute Gasteiger partial charge is 0.249 e. The van der Waals surface area contributed by atoms with E-state index in [1.165, 1.54) is 6.08 Å². The van der Waals surface area contributed by atoms with E-state index in [2.05, 4.69) is 0 Å². The average molecular weight is 293 g/mol. The van der Waals surface area contributed by atoms with Crippen molar-refractivity contribution >= 4 is 5.91 Å². The van der Waals surface area contributed by atoms with Crippen molar-refractivity contribution in [3.63, 3.8) is 0 Å². The minimum atomic E-state index is -1.31. The minimum absolute atomic E-state index is 0.150. The molecular formula is C19H19NO2. The van der Waals surface area contributed by atoms with Crippen molar-refractivity contribution in [1.29, 1.82) is 0 Å². The molecule has 3 rings (SSSR count). The number of nitrogens with zero attached hydrogens (tertiary/aromatic N) is 1. The van der Waals surface area contributed by atoms with E-state index in [9.17, 15) is 9.90 Å². The predicted octanol–water partition coefficient (Wildman–Crippen LogP) is 2.96. The lowest BCUT2D eigenvalue weighted by Gasteiger charge is -2.39. The van der Waals surface area contributed by atoms with E-state index in [1.54, 1.807) is 4.90 Å². The molecule has 1 heterocycles. The molecule has 112 valence electrons. The van der Waals surface area contributed by atoms with Gasteiger partial charge in [0, 0.05) is 18.5 Å². The Morgan fingerprint density at radius 2 is 1.73 bits per heavy atom. The van der Waals surface area contributed by atoms with Gasteiger partial charge in [-0.2, -0.15) is 0 Å². The highest BCUT2D eigenvalue weighted by molar-refractivity contribution is 5.92. The molecule has 1 N–H and O–H groups in total.